The summed E-state index contributed by atoms with van der Waals surface area (Å²) >= 11 is 6.29. The quantitative estimate of drug-likeness (QED) is 0.342. The molecule has 0 amide bonds. The fraction of sp³-hybridized carbons (Fsp3) is 0.0588. The molecule has 0 radical (unpaired) electrons. The van der Waals surface area contributed by atoms with Crippen LogP contribution in [0.3, 0.4) is 0 Å². The van der Waals surface area contributed by atoms with Crippen molar-refractivity contribution >= 4 is 38.6 Å². The summed E-state index contributed by atoms with van der Waals surface area (Å²) in [5.41, 5.74) is 0.853. The zero-order valence-electron chi connectivity index (χ0n) is 13.5. The summed E-state index contributed by atoms with van der Waals surface area (Å²) in [6.45, 7) is 1.99. The van der Waals surface area contributed by atoms with Gasteiger partial charge < -0.3 is 0 Å². The SMILES string of the molecule is Cc1nccs1.Fc1ccc(-c2nccs2)cn1.Fc1ccc(Br)cn1. The first-order valence-electron chi connectivity index (χ1n) is 7.19. The van der Waals surface area contributed by atoms with E-state index >= 15 is 0 Å². The van der Waals surface area contributed by atoms with Gasteiger partial charge in [0.15, 0.2) is 0 Å². The molecular weight excluding hydrogens is 442 g/mol. The van der Waals surface area contributed by atoms with Gasteiger partial charge in [-0.1, -0.05) is 0 Å². The molecule has 0 N–H and O–H groups in total. The molecule has 0 bridgehead atoms. The number of hydrogen-bond acceptors (Lipinski definition) is 6. The van der Waals surface area contributed by atoms with Gasteiger partial charge in [0.25, 0.3) is 0 Å². The number of pyridine rings is 2. The smallest absolute Gasteiger partial charge is 0.212 e. The molecule has 0 saturated carbocycles. The van der Waals surface area contributed by atoms with Gasteiger partial charge in [-0.25, -0.2) is 15.0 Å². The molecule has 4 rings (SSSR count). The second-order valence-corrected chi connectivity index (χ2v) is 7.47. The molecule has 4 heterocycles. The molecular formula is C17H13BrF2N4S2. The van der Waals surface area contributed by atoms with E-state index in [9.17, 15) is 8.78 Å². The second kappa shape index (κ2) is 10.8. The van der Waals surface area contributed by atoms with Gasteiger partial charge in [-0.3, -0.25) is 4.98 Å². The maximum absolute atomic E-state index is 12.4. The van der Waals surface area contributed by atoms with Crippen molar-refractivity contribution in [3.05, 3.63) is 81.2 Å². The molecule has 4 nitrogen and oxygen atoms in total. The largest absolute Gasteiger partial charge is 0.250 e. The van der Waals surface area contributed by atoms with Gasteiger partial charge >= 0.3 is 0 Å². The first-order valence-corrected chi connectivity index (χ1v) is 9.74. The molecule has 0 spiro atoms. The fourth-order valence-corrected chi connectivity index (χ4v) is 2.82. The number of rotatable bonds is 1. The van der Waals surface area contributed by atoms with Crippen LogP contribution in [0.4, 0.5) is 8.78 Å². The molecule has 0 saturated heterocycles. The maximum atomic E-state index is 12.4. The lowest BCUT2D eigenvalue weighted by molar-refractivity contribution is 0.583. The summed E-state index contributed by atoms with van der Waals surface area (Å²) in [7, 11) is 0. The molecule has 0 unspecified atom stereocenters. The lowest BCUT2D eigenvalue weighted by atomic mass is 10.3. The number of thiazole rings is 2. The molecule has 9 heteroatoms. The fourth-order valence-electron chi connectivity index (χ4n) is 1.52. The number of hydrogen-bond donors (Lipinski definition) is 0. The van der Waals surface area contributed by atoms with E-state index < -0.39 is 11.9 Å². The zero-order chi connectivity index (χ0) is 18.8. The molecule has 4 aromatic rings. The Morgan fingerprint density at radius 3 is 1.85 bits per heavy atom. The van der Waals surface area contributed by atoms with Crippen LogP contribution in [0.15, 0.2) is 64.3 Å². The van der Waals surface area contributed by atoms with Crippen molar-refractivity contribution in [2.24, 2.45) is 0 Å². The Bertz CT molecular complexity index is 847. The summed E-state index contributed by atoms with van der Waals surface area (Å²) in [5, 5.41) is 5.84. The van der Waals surface area contributed by atoms with E-state index in [2.05, 4.69) is 35.9 Å². The van der Waals surface area contributed by atoms with Gasteiger partial charge in [0.2, 0.25) is 11.9 Å². The Morgan fingerprint density at radius 1 is 0.808 bits per heavy atom. The molecule has 0 aliphatic heterocycles. The lowest BCUT2D eigenvalue weighted by Gasteiger charge is -1.92. The third-order valence-corrected chi connectivity index (χ3v) is 4.65. The van der Waals surface area contributed by atoms with E-state index in [4.69, 9.17) is 0 Å². The summed E-state index contributed by atoms with van der Waals surface area (Å²) in [6.07, 6.45) is 6.41. The van der Waals surface area contributed by atoms with Crippen molar-refractivity contribution in [1.82, 2.24) is 19.9 Å². The van der Waals surface area contributed by atoms with Crippen LogP contribution < -0.4 is 0 Å². The summed E-state index contributed by atoms with van der Waals surface area (Å²) in [5.74, 6) is -0.913. The first-order chi connectivity index (χ1) is 12.5. The highest BCUT2D eigenvalue weighted by Crippen LogP contribution is 2.20. The van der Waals surface area contributed by atoms with Crippen molar-refractivity contribution in [3.8, 4) is 10.6 Å². The average Bonchev–Trinajstić information content (AvgIpc) is 3.33. The molecule has 134 valence electrons. The van der Waals surface area contributed by atoms with Gasteiger partial charge in [0.05, 0.1) is 5.01 Å². The summed E-state index contributed by atoms with van der Waals surface area (Å²) in [6, 6.07) is 5.89. The normalized spacial score (nSPS) is 9.54. The highest BCUT2D eigenvalue weighted by Gasteiger charge is 1.99. The Hall–Kier alpha value is -2.10. The van der Waals surface area contributed by atoms with E-state index in [1.165, 1.54) is 35.9 Å². The highest BCUT2D eigenvalue weighted by atomic mass is 79.9. The third kappa shape index (κ3) is 7.42. The summed E-state index contributed by atoms with van der Waals surface area (Å²) < 4.78 is 25.1. The molecule has 26 heavy (non-hydrogen) atoms. The Labute approximate surface area is 165 Å². The average molecular weight is 455 g/mol. The number of aryl methyl sites for hydroxylation is 1. The first kappa shape index (κ1) is 20.2. The minimum atomic E-state index is -0.463. The number of nitrogens with zero attached hydrogens (tertiary/aromatic N) is 4. The van der Waals surface area contributed by atoms with E-state index in [1.54, 1.807) is 35.9 Å². The molecule has 0 aliphatic rings. The Balaban J connectivity index is 0.000000151. The van der Waals surface area contributed by atoms with E-state index in [0.29, 0.717) is 0 Å². The van der Waals surface area contributed by atoms with Crippen LogP contribution in [-0.4, -0.2) is 19.9 Å². The van der Waals surface area contributed by atoms with Crippen LogP contribution in [0.5, 0.6) is 0 Å². The van der Waals surface area contributed by atoms with Crippen LogP contribution >= 0.6 is 38.6 Å². The zero-order valence-corrected chi connectivity index (χ0v) is 16.7. The van der Waals surface area contributed by atoms with Crippen molar-refractivity contribution in [2.75, 3.05) is 0 Å². The monoisotopic (exact) mass is 454 g/mol. The van der Waals surface area contributed by atoms with Gasteiger partial charge in [0, 0.05) is 45.6 Å². The van der Waals surface area contributed by atoms with Crippen LogP contribution in [0, 0.1) is 18.8 Å². The third-order valence-electron chi connectivity index (χ3n) is 2.65. The van der Waals surface area contributed by atoms with Crippen LogP contribution in [0.1, 0.15) is 5.01 Å². The van der Waals surface area contributed by atoms with Gasteiger partial charge in [-0.05, 0) is 47.1 Å². The predicted molar refractivity (Wildman–Crippen MR) is 104 cm³/mol. The molecule has 0 atom stereocenters. The van der Waals surface area contributed by atoms with Gasteiger partial charge in [-0.2, -0.15) is 8.78 Å². The van der Waals surface area contributed by atoms with Crippen LogP contribution in [0.25, 0.3) is 10.6 Å². The van der Waals surface area contributed by atoms with E-state index in [1.807, 2.05) is 17.7 Å². The standard InChI is InChI=1S/C8H5FN2S.C5H3BrFN.C4H5NS/c9-7-2-1-6(5-11-7)8-10-3-4-12-8;6-4-1-2-5(7)8-3-4;1-4-5-2-3-6-4/h1-5H;1-3H;2-3H,1H3. The molecule has 0 aromatic carbocycles. The lowest BCUT2D eigenvalue weighted by Crippen LogP contribution is -1.81. The minimum absolute atomic E-state index is 0.451. The van der Waals surface area contributed by atoms with Crippen molar-refractivity contribution < 1.29 is 8.78 Å². The van der Waals surface area contributed by atoms with Crippen LogP contribution in [0.2, 0.25) is 0 Å². The van der Waals surface area contributed by atoms with Gasteiger partial charge in [-0.15, -0.1) is 22.7 Å². The molecule has 4 aromatic heterocycles. The van der Waals surface area contributed by atoms with Crippen molar-refractivity contribution in [2.45, 2.75) is 6.92 Å². The predicted octanol–water partition coefficient (Wildman–Crippen LogP) is 5.78. The second-order valence-electron chi connectivity index (χ2n) is 4.56. The Kier molecular flexibility index (Phi) is 8.39. The van der Waals surface area contributed by atoms with Gasteiger partial charge in [0.1, 0.15) is 5.01 Å². The van der Waals surface area contributed by atoms with Crippen LogP contribution in [-0.2, 0) is 0 Å². The van der Waals surface area contributed by atoms with Crippen molar-refractivity contribution in [3.63, 3.8) is 0 Å². The van der Waals surface area contributed by atoms with E-state index in [0.717, 1.165) is 20.1 Å². The van der Waals surface area contributed by atoms with Crippen molar-refractivity contribution in [1.29, 1.82) is 0 Å². The number of halogens is 3. The Morgan fingerprint density at radius 2 is 1.46 bits per heavy atom. The summed E-state index contributed by atoms with van der Waals surface area (Å²) in [4.78, 5) is 14.9. The highest BCUT2D eigenvalue weighted by molar-refractivity contribution is 9.10. The minimum Gasteiger partial charge on any atom is -0.250 e. The maximum Gasteiger partial charge on any atom is 0.212 e. The van der Waals surface area contributed by atoms with E-state index in [-0.39, 0.29) is 0 Å². The molecule has 0 aliphatic carbocycles. The topological polar surface area (TPSA) is 51.6 Å². The molecule has 0 fully saturated rings. The number of aromatic nitrogens is 4.